The molecule has 0 saturated carbocycles. The summed E-state index contributed by atoms with van der Waals surface area (Å²) in [6.45, 7) is -0.476. The van der Waals surface area contributed by atoms with Gasteiger partial charge in [-0.3, -0.25) is 4.79 Å². The number of benzene rings is 2. The Bertz CT molecular complexity index is 893. The number of carbonyl (C=O) groups excluding carboxylic acids is 1. The van der Waals surface area contributed by atoms with Crippen molar-refractivity contribution in [1.82, 2.24) is 15.5 Å². The molecule has 1 amide bonds. The number of carbonyl (C=O) groups is 1. The second-order valence-electron chi connectivity index (χ2n) is 7.00. The third-order valence-electron chi connectivity index (χ3n) is 4.36. The lowest BCUT2D eigenvalue weighted by Crippen LogP contribution is -2.42. The molecule has 0 aliphatic heterocycles. The number of halogens is 3. The summed E-state index contributed by atoms with van der Waals surface area (Å²) in [7, 11) is 4.91. The van der Waals surface area contributed by atoms with E-state index in [4.69, 9.17) is 4.74 Å². The van der Waals surface area contributed by atoms with Gasteiger partial charge >= 0.3 is 6.61 Å². The molecule has 7 nitrogen and oxygen atoms in total. The standard InChI is InChI=1S/C22H28F2N4O3.HI/c1-15-5-10-19(31-21(23)24)17(11-15)13-26-22(27-14-20(29)28(2)3)25-12-16-6-8-18(30-4)9-7-16;/h5-11,21H,12-14H2,1-4H3,(H2,25,26,27);1H. The number of hydrogen-bond donors (Lipinski definition) is 2. The number of amides is 1. The number of hydrogen-bond acceptors (Lipinski definition) is 4. The van der Waals surface area contributed by atoms with Gasteiger partial charge in [0.15, 0.2) is 5.96 Å². The first-order valence-corrected chi connectivity index (χ1v) is 9.68. The maximum absolute atomic E-state index is 12.7. The van der Waals surface area contributed by atoms with Gasteiger partial charge in [-0.05, 0) is 30.7 Å². The molecule has 0 aromatic heterocycles. The first-order valence-electron chi connectivity index (χ1n) is 9.68. The molecule has 0 fully saturated rings. The summed E-state index contributed by atoms with van der Waals surface area (Å²) in [5, 5.41) is 6.06. The topological polar surface area (TPSA) is 75.2 Å². The summed E-state index contributed by atoms with van der Waals surface area (Å²) >= 11 is 0. The lowest BCUT2D eigenvalue weighted by molar-refractivity contribution is -0.127. The number of nitrogens with zero attached hydrogens (tertiary/aromatic N) is 2. The van der Waals surface area contributed by atoms with E-state index in [9.17, 15) is 13.6 Å². The largest absolute Gasteiger partial charge is 0.497 e. The molecule has 0 radical (unpaired) electrons. The number of rotatable bonds is 9. The molecule has 0 aliphatic carbocycles. The number of alkyl halides is 2. The van der Waals surface area contributed by atoms with Gasteiger partial charge in [0.1, 0.15) is 11.5 Å². The Labute approximate surface area is 204 Å². The minimum atomic E-state index is -2.92. The van der Waals surface area contributed by atoms with E-state index >= 15 is 0 Å². The number of methoxy groups -OCH3 is 1. The fraction of sp³-hybridized carbons (Fsp3) is 0.364. The van der Waals surface area contributed by atoms with Crippen LogP contribution in [0.2, 0.25) is 0 Å². The molecule has 0 saturated heterocycles. The smallest absolute Gasteiger partial charge is 0.387 e. The SMILES string of the molecule is COc1ccc(CN=C(NCC(=O)N(C)C)NCc2cc(C)ccc2OC(F)F)cc1.I. The van der Waals surface area contributed by atoms with Crippen molar-refractivity contribution in [2.24, 2.45) is 4.99 Å². The number of guanidine groups is 1. The molecule has 2 aromatic carbocycles. The van der Waals surface area contributed by atoms with Crippen molar-refractivity contribution in [2.45, 2.75) is 26.6 Å². The van der Waals surface area contributed by atoms with Crippen molar-refractivity contribution in [2.75, 3.05) is 27.7 Å². The predicted octanol–water partition coefficient (Wildman–Crippen LogP) is 3.55. The van der Waals surface area contributed by atoms with E-state index in [1.165, 1.54) is 11.0 Å². The fourth-order valence-electron chi connectivity index (χ4n) is 2.63. The average Bonchev–Trinajstić information content (AvgIpc) is 2.74. The summed E-state index contributed by atoms with van der Waals surface area (Å²) in [6, 6.07) is 12.4. The van der Waals surface area contributed by atoms with Crippen LogP contribution in [0.3, 0.4) is 0 Å². The van der Waals surface area contributed by atoms with Gasteiger partial charge in [0.25, 0.3) is 0 Å². The van der Waals surface area contributed by atoms with E-state index < -0.39 is 6.61 Å². The zero-order chi connectivity index (χ0) is 22.8. The second kappa shape index (κ2) is 13.7. The molecule has 0 spiro atoms. The van der Waals surface area contributed by atoms with E-state index in [2.05, 4.69) is 20.4 Å². The van der Waals surface area contributed by atoms with Crippen molar-refractivity contribution in [1.29, 1.82) is 0 Å². The van der Waals surface area contributed by atoms with Gasteiger partial charge in [0, 0.05) is 26.2 Å². The zero-order valence-corrected chi connectivity index (χ0v) is 20.9. The lowest BCUT2D eigenvalue weighted by atomic mass is 10.1. The Kier molecular flexibility index (Phi) is 11.7. The first kappa shape index (κ1) is 27.4. The van der Waals surface area contributed by atoms with Crippen LogP contribution in [0.5, 0.6) is 11.5 Å². The van der Waals surface area contributed by atoms with Crippen LogP contribution in [-0.2, 0) is 17.9 Å². The Balaban J connectivity index is 0.00000512. The third kappa shape index (κ3) is 9.25. The van der Waals surface area contributed by atoms with Crippen LogP contribution in [-0.4, -0.2) is 51.1 Å². The van der Waals surface area contributed by atoms with Crippen molar-refractivity contribution in [3.63, 3.8) is 0 Å². The maximum atomic E-state index is 12.7. The first-order chi connectivity index (χ1) is 14.8. The second-order valence-corrected chi connectivity index (χ2v) is 7.00. The Morgan fingerprint density at radius 2 is 1.81 bits per heavy atom. The molecule has 2 rings (SSSR count). The van der Waals surface area contributed by atoms with E-state index in [-0.39, 0.29) is 48.7 Å². The average molecular weight is 562 g/mol. The van der Waals surface area contributed by atoms with Crippen LogP contribution < -0.4 is 20.1 Å². The van der Waals surface area contributed by atoms with Gasteiger partial charge in [-0.15, -0.1) is 24.0 Å². The van der Waals surface area contributed by atoms with Crippen molar-refractivity contribution < 1.29 is 23.0 Å². The van der Waals surface area contributed by atoms with Crippen LogP contribution in [0.25, 0.3) is 0 Å². The summed E-state index contributed by atoms with van der Waals surface area (Å²) in [5.41, 5.74) is 2.40. The summed E-state index contributed by atoms with van der Waals surface area (Å²) in [4.78, 5) is 17.9. The van der Waals surface area contributed by atoms with Crippen LogP contribution in [0.1, 0.15) is 16.7 Å². The number of aliphatic imine (C=N–C) groups is 1. The molecule has 0 unspecified atom stereocenters. The van der Waals surface area contributed by atoms with Crippen LogP contribution >= 0.6 is 24.0 Å². The Hall–Kier alpha value is -2.63. The van der Waals surface area contributed by atoms with Crippen molar-refractivity contribution in [3.8, 4) is 11.5 Å². The number of ether oxygens (including phenoxy) is 2. The summed E-state index contributed by atoms with van der Waals surface area (Å²) in [5.74, 6) is 1.07. The van der Waals surface area contributed by atoms with E-state index in [0.29, 0.717) is 18.1 Å². The van der Waals surface area contributed by atoms with E-state index in [1.807, 2.05) is 31.2 Å². The van der Waals surface area contributed by atoms with Gasteiger partial charge in [-0.2, -0.15) is 8.78 Å². The van der Waals surface area contributed by atoms with Crippen LogP contribution in [0, 0.1) is 6.92 Å². The molecule has 0 aliphatic rings. The van der Waals surface area contributed by atoms with E-state index in [1.54, 1.807) is 33.3 Å². The molecule has 2 N–H and O–H groups in total. The quantitative estimate of drug-likeness (QED) is 0.278. The van der Waals surface area contributed by atoms with Gasteiger partial charge < -0.3 is 25.0 Å². The zero-order valence-electron chi connectivity index (χ0n) is 18.5. The number of likely N-dealkylation sites (N-methyl/N-ethyl adjacent to an activating group) is 1. The normalized spacial score (nSPS) is 10.9. The third-order valence-corrected chi connectivity index (χ3v) is 4.36. The number of nitrogens with one attached hydrogen (secondary N) is 2. The number of aryl methyl sites for hydroxylation is 1. The highest BCUT2D eigenvalue weighted by molar-refractivity contribution is 14.0. The highest BCUT2D eigenvalue weighted by atomic mass is 127. The lowest BCUT2D eigenvalue weighted by Gasteiger charge is -2.17. The predicted molar refractivity (Wildman–Crippen MR) is 131 cm³/mol. The molecular weight excluding hydrogens is 533 g/mol. The van der Waals surface area contributed by atoms with Crippen molar-refractivity contribution in [3.05, 3.63) is 59.2 Å². The Morgan fingerprint density at radius 1 is 1.12 bits per heavy atom. The minimum absolute atomic E-state index is 0. The maximum Gasteiger partial charge on any atom is 0.387 e. The molecule has 0 heterocycles. The summed E-state index contributed by atoms with van der Waals surface area (Å²) in [6.07, 6.45) is 0. The molecule has 32 heavy (non-hydrogen) atoms. The molecule has 2 aromatic rings. The highest BCUT2D eigenvalue weighted by Gasteiger charge is 2.11. The van der Waals surface area contributed by atoms with Gasteiger partial charge in [-0.1, -0.05) is 29.8 Å². The van der Waals surface area contributed by atoms with Crippen LogP contribution in [0.4, 0.5) is 8.78 Å². The van der Waals surface area contributed by atoms with Gasteiger partial charge in [-0.25, -0.2) is 4.99 Å². The molecule has 176 valence electrons. The molecule has 0 atom stereocenters. The van der Waals surface area contributed by atoms with Gasteiger partial charge in [0.2, 0.25) is 5.91 Å². The monoisotopic (exact) mass is 562 g/mol. The van der Waals surface area contributed by atoms with E-state index in [0.717, 1.165) is 16.9 Å². The van der Waals surface area contributed by atoms with Crippen molar-refractivity contribution >= 4 is 35.8 Å². The molecular formula is C22H29F2IN4O3. The highest BCUT2D eigenvalue weighted by Crippen LogP contribution is 2.22. The van der Waals surface area contributed by atoms with Crippen LogP contribution in [0.15, 0.2) is 47.5 Å². The molecule has 0 bridgehead atoms. The minimum Gasteiger partial charge on any atom is -0.497 e. The molecule has 10 heteroatoms. The Morgan fingerprint density at radius 3 is 2.41 bits per heavy atom. The van der Waals surface area contributed by atoms with Gasteiger partial charge in [0.05, 0.1) is 20.2 Å². The summed E-state index contributed by atoms with van der Waals surface area (Å²) < 4.78 is 35.2. The fourth-order valence-corrected chi connectivity index (χ4v) is 2.63.